The Bertz CT molecular complexity index is 184. The van der Waals surface area contributed by atoms with E-state index in [4.69, 9.17) is 0 Å². The standard InChI is InChI=1S/C9H14O2/c1-6-8(7(2)10)4-3-5-9(6)11/h6,8H,3-5H2,1-2H3. The Hall–Kier alpha value is -0.660. The number of ketones is 2. The van der Waals surface area contributed by atoms with Crippen LogP contribution in [0.3, 0.4) is 0 Å². The van der Waals surface area contributed by atoms with E-state index in [1.807, 2.05) is 6.92 Å². The number of carbonyl (C=O) groups is 2. The smallest absolute Gasteiger partial charge is 0.136 e. The summed E-state index contributed by atoms with van der Waals surface area (Å²) in [5, 5.41) is 0. The van der Waals surface area contributed by atoms with E-state index in [2.05, 4.69) is 0 Å². The van der Waals surface area contributed by atoms with Crippen molar-refractivity contribution in [1.82, 2.24) is 0 Å². The van der Waals surface area contributed by atoms with Crippen molar-refractivity contribution in [2.45, 2.75) is 33.1 Å². The minimum Gasteiger partial charge on any atom is -0.300 e. The highest BCUT2D eigenvalue weighted by molar-refractivity contribution is 5.89. The summed E-state index contributed by atoms with van der Waals surface area (Å²) in [6.45, 7) is 3.45. The second kappa shape index (κ2) is 3.16. The van der Waals surface area contributed by atoms with Crippen LogP contribution in [0, 0.1) is 11.8 Å². The highest BCUT2D eigenvalue weighted by Crippen LogP contribution is 2.27. The van der Waals surface area contributed by atoms with Crippen molar-refractivity contribution in [1.29, 1.82) is 0 Å². The minimum atomic E-state index is -0.0266. The predicted octanol–water partition coefficient (Wildman–Crippen LogP) is 1.58. The molecular formula is C9H14O2. The van der Waals surface area contributed by atoms with Crippen LogP contribution in [-0.2, 0) is 9.59 Å². The van der Waals surface area contributed by atoms with Crippen LogP contribution in [-0.4, -0.2) is 11.6 Å². The summed E-state index contributed by atoms with van der Waals surface area (Å²) in [5.41, 5.74) is 0. The Balaban J connectivity index is 2.65. The van der Waals surface area contributed by atoms with Gasteiger partial charge in [-0.3, -0.25) is 9.59 Å². The Kier molecular flexibility index (Phi) is 2.42. The fourth-order valence-corrected chi connectivity index (χ4v) is 1.75. The summed E-state index contributed by atoms with van der Waals surface area (Å²) < 4.78 is 0. The van der Waals surface area contributed by atoms with Crippen LogP contribution in [0.15, 0.2) is 0 Å². The van der Waals surface area contributed by atoms with Crippen molar-refractivity contribution in [3.05, 3.63) is 0 Å². The molecule has 2 atom stereocenters. The molecule has 0 aromatic rings. The third kappa shape index (κ3) is 1.67. The molecule has 0 radical (unpaired) electrons. The zero-order chi connectivity index (χ0) is 8.43. The maximum atomic E-state index is 11.2. The second-order valence-electron chi connectivity index (χ2n) is 3.36. The number of rotatable bonds is 1. The molecule has 0 aliphatic heterocycles. The summed E-state index contributed by atoms with van der Waals surface area (Å²) in [5.74, 6) is 0.416. The van der Waals surface area contributed by atoms with E-state index in [0.29, 0.717) is 6.42 Å². The van der Waals surface area contributed by atoms with E-state index < -0.39 is 0 Å². The Labute approximate surface area is 67.0 Å². The number of carbonyl (C=O) groups excluding carboxylic acids is 2. The molecule has 1 rings (SSSR count). The second-order valence-corrected chi connectivity index (χ2v) is 3.36. The van der Waals surface area contributed by atoms with E-state index >= 15 is 0 Å². The van der Waals surface area contributed by atoms with Crippen molar-refractivity contribution < 1.29 is 9.59 Å². The summed E-state index contributed by atoms with van der Waals surface area (Å²) in [6, 6.07) is 0. The Morgan fingerprint density at radius 3 is 2.64 bits per heavy atom. The zero-order valence-corrected chi connectivity index (χ0v) is 7.09. The quantitative estimate of drug-likeness (QED) is 0.574. The van der Waals surface area contributed by atoms with Gasteiger partial charge in [0, 0.05) is 18.3 Å². The topological polar surface area (TPSA) is 34.1 Å². The molecule has 0 aromatic carbocycles. The lowest BCUT2D eigenvalue weighted by molar-refractivity contribution is -0.133. The molecule has 0 N–H and O–H groups in total. The molecule has 2 nitrogen and oxygen atoms in total. The fraction of sp³-hybridized carbons (Fsp3) is 0.778. The summed E-state index contributed by atoms with van der Waals surface area (Å²) in [6.07, 6.45) is 2.47. The third-order valence-corrected chi connectivity index (χ3v) is 2.57. The van der Waals surface area contributed by atoms with Crippen molar-refractivity contribution in [2.75, 3.05) is 0 Å². The number of hydrogen-bond donors (Lipinski definition) is 0. The van der Waals surface area contributed by atoms with Crippen LogP contribution >= 0.6 is 0 Å². The van der Waals surface area contributed by atoms with Crippen LogP contribution in [0.5, 0.6) is 0 Å². The molecule has 0 heterocycles. The largest absolute Gasteiger partial charge is 0.300 e. The van der Waals surface area contributed by atoms with Gasteiger partial charge in [-0.05, 0) is 19.8 Å². The molecule has 11 heavy (non-hydrogen) atoms. The first-order valence-corrected chi connectivity index (χ1v) is 4.16. The predicted molar refractivity (Wildman–Crippen MR) is 42.2 cm³/mol. The zero-order valence-electron chi connectivity index (χ0n) is 7.09. The van der Waals surface area contributed by atoms with Gasteiger partial charge >= 0.3 is 0 Å². The molecule has 0 amide bonds. The average molecular weight is 154 g/mol. The highest BCUT2D eigenvalue weighted by Gasteiger charge is 2.30. The number of Topliss-reactive ketones (excluding diaryl/α,β-unsaturated/α-hetero) is 2. The molecule has 0 saturated heterocycles. The van der Waals surface area contributed by atoms with Crippen molar-refractivity contribution in [2.24, 2.45) is 11.8 Å². The normalized spacial score (nSPS) is 32.0. The van der Waals surface area contributed by atoms with Crippen molar-refractivity contribution >= 4 is 11.6 Å². The Morgan fingerprint density at radius 2 is 2.18 bits per heavy atom. The lowest BCUT2D eigenvalue weighted by Gasteiger charge is -2.24. The summed E-state index contributed by atoms with van der Waals surface area (Å²) in [7, 11) is 0. The molecular weight excluding hydrogens is 140 g/mol. The minimum absolute atomic E-state index is 0.0104. The monoisotopic (exact) mass is 154 g/mol. The van der Waals surface area contributed by atoms with Gasteiger partial charge < -0.3 is 0 Å². The van der Waals surface area contributed by atoms with Gasteiger partial charge in [0.05, 0.1) is 0 Å². The van der Waals surface area contributed by atoms with Gasteiger partial charge in [-0.1, -0.05) is 6.92 Å². The van der Waals surface area contributed by atoms with Gasteiger partial charge in [-0.2, -0.15) is 0 Å². The first-order chi connectivity index (χ1) is 5.13. The molecule has 1 aliphatic rings. The first-order valence-electron chi connectivity index (χ1n) is 4.16. The van der Waals surface area contributed by atoms with E-state index in [1.165, 1.54) is 0 Å². The maximum absolute atomic E-state index is 11.2. The van der Waals surface area contributed by atoms with Crippen LogP contribution in [0.4, 0.5) is 0 Å². The third-order valence-electron chi connectivity index (χ3n) is 2.57. The molecule has 1 aliphatic carbocycles. The first kappa shape index (κ1) is 8.44. The van der Waals surface area contributed by atoms with Gasteiger partial charge in [0.1, 0.15) is 11.6 Å². The SMILES string of the molecule is CC(=O)C1CCCC(=O)C1C. The van der Waals surface area contributed by atoms with Gasteiger partial charge in [-0.15, -0.1) is 0 Å². The van der Waals surface area contributed by atoms with Crippen molar-refractivity contribution in [3.63, 3.8) is 0 Å². The molecule has 1 saturated carbocycles. The highest BCUT2D eigenvalue weighted by atomic mass is 16.1. The van der Waals surface area contributed by atoms with Gasteiger partial charge in [0.15, 0.2) is 0 Å². The van der Waals surface area contributed by atoms with E-state index in [0.717, 1.165) is 12.8 Å². The maximum Gasteiger partial charge on any atom is 0.136 e. The van der Waals surface area contributed by atoms with E-state index in [-0.39, 0.29) is 23.4 Å². The van der Waals surface area contributed by atoms with E-state index in [9.17, 15) is 9.59 Å². The fourth-order valence-electron chi connectivity index (χ4n) is 1.75. The van der Waals surface area contributed by atoms with Crippen LogP contribution in [0.25, 0.3) is 0 Å². The lowest BCUT2D eigenvalue weighted by Crippen LogP contribution is -2.30. The van der Waals surface area contributed by atoms with Crippen LogP contribution < -0.4 is 0 Å². The summed E-state index contributed by atoms with van der Waals surface area (Å²) >= 11 is 0. The Morgan fingerprint density at radius 1 is 1.55 bits per heavy atom. The molecule has 0 bridgehead atoms. The summed E-state index contributed by atoms with van der Waals surface area (Å²) in [4.78, 5) is 22.2. The van der Waals surface area contributed by atoms with Crippen LogP contribution in [0.2, 0.25) is 0 Å². The molecule has 2 unspecified atom stereocenters. The molecule has 1 fully saturated rings. The number of hydrogen-bond acceptors (Lipinski definition) is 2. The molecule has 62 valence electrons. The molecule has 0 spiro atoms. The molecule has 0 aromatic heterocycles. The van der Waals surface area contributed by atoms with Gasteiger partial charge in [0.25, 0.3) is 0 Å². The van der Waals surface area contributed by atoms with Crippen LogP contribution in [0.1, 0.15) is 33.1 Å². The van der Waals surface area contributed by atoms with E-state index in [1.54, 1.807) is 6.92 Å². The average Bonchev–Trinajstić information content (AvgIpc) is 1.94. The van der Waals surface area contributed by atoms with Crippen molar-refractivity contribution in [3.8, 4) is 0 Å². The lowest BCUT2D eigenvalue weighted by atomic mass is 9.77. The van der Waals surface area contributed by atoms with Gasteiger partial charge in [0.2, 0.25) is 0 Å². The molecule has 2 heteroatoms. The van der Waals surface area contributed by atoms with Gasteiger partial charge in [-0.25, -0.2) is 0 Å².